The Kier molecular flexibility index (Phi) is 3.68. The van der Waals surface area contributed by atoms with Gasteiger partial charge in [-0.2, -0.15) is 0 Å². The first kappa shape index (κ1) is 14.5. The first-order valence-corrected chi connectivity index (χ1v) is 8.77. The summed E-state index contributed by atoms with van der Waals surface area (Å²) in [4.78, 5) is 13.1. The van der Waals surface area contributed by atoms with Crippen LogP contribution in [0.3, 0.4) is 0 Å². The summed E-state index contributed by atoms with van der Waals surface area (Å²) in [6.07, 6.45) is 7.72. The second-order valence-electron chi connectivity index (χ2n) is 6.95. The van der Waals surface area contributed by atoms with Gasteiger partial charge in [0.1, 0.15) is 0 Å². The number of carbonyl (C=O) groups excluding carboxylic acids is 1. The maximum Gasteiger partial charge on any atom is 0.235 e. The molecule has 0 radical (unpaired) electrons. The third-order valence-corrected chi connectivity index (χ3v) is 5.57. The van der Waals surface area contributed by atoms with E-state index < -0.39 is 0 Å². The third kappa shape index (κ3) is 2.56. The molecule has 0 aromatic heterocycles. The highest BCUT2D eigenvalue weighted by Gasteiger charge is 2.42. The lowest BCUT2D eigenvalue weighted by Gasteiger charge is -2.28. The molecule has 118 valence electrons. The SMILES string of the molecule is O=C(Nc1ccc2c(c1)CCC2)C1(c2ccccc2)CCCC1. The van der Waals surface area contributed by atoms with Crippen LogP contribution in [0.4, 0.5) is 5.69 Å². The van der Waals surface area contributed by atoms with E-state index in [1.165, 1.54) is 24.0 Å². The fraction of sp³-hybridized carbons (Fsp3) is 0.381. The van der Waals surface area contributed by atoms with Crippen molar-refractivity contribution in [2.24, 2.45) is 0 Å². The molecular formula is C21H23NO. The molecule has 2 aliphatic carbocycles. The summed E-state index contributed by atoms with van der Waals surface area (Å²) < 4.78 is 0. The predicted molar refractivity (Wildman–Crippen MR) is 93.7 cm³/mol. The Morgan fingerprint density at radius 3 is 2.39 bits per heavy atom. The maximum atomic E-state index is 13.1. The molecule has 1 amide bonds. The molecule has 23 heavy (non-hydrogen) atoms. The average Bonchev–Trinajstić information content (AvgIpc) is 3.25. The van der Waals surface area contributed by atoms with E-state index >= 15 is 0 Å². The van der Waals surface area contributed by atoms with Gasteiger partial charge in [-0.3, -0.25) is 4.79 Å². The maximum absolute atomic E-state index is 13.1. The van der Waals surface area contributed by atoms with Crippen LogP contribution in [0.25, 0.3) is 0 Å². The largest absolute Gasteiger partial charge is 0.325 e. The molecular weight excluding hydrogens is 282 g/mol. The van der Waals surface area contributed by atoms with Gasteiger partial charge in [0.15, 0.2) is 0 Å². The van der Waals surface area contributed by atoms with Gasteiger partial charge in [-0.1, -0.05) is 49.2 Å². The van der Waals surface area contributed by atoms with Gasteiger partial charge < -0.3 is 5.32 Å². The highest BCUT2D eigenvalue weighted by Crippen LogP contribution is 2.42. The fourth-order valence-electron chi connectivity index (χ4n) is 4.28. The number of fused-ring (bicyclic) bond motifs is 1. The van der Waals surface area contributed by atoms with E-state index in [2.05, 4.69) is 35.6 Å². The molecule has 0 unspecified atom stereocenters. The van der Waals surface area contributed by atoms with Crippen molar-refractivity contribution in [3.63, 3.8) is 0 Å². The third-order valence-electron chi connectivity index (χ3n) is 5.57. The van der Waals surface area contributed by atoms with Crippen LogP contribution in [0, 0.1) is 0 Å². The Balaban J connectivity index is 1.61. The van der Waals surface area contributed by atoms with E-state index in [1.54, 1.807) is 0 Å². The van der Waals surface area contributed by atoms with Crippen molar-refractivity contribution in [2.75, 3.05) is 5.32 Å². The number of aryl methyl sites for hydroxylation is 2. The highest BCUT2D eigenvalue weighted by atomic mass is 16.2. The molecule has 2 aliphatic rings. The Labute approximate surface area is 137 Å². The second-order valence-corrected chi connectivity index (χ2v) is 6.95. The van der Waals surface area contributed by atoms with Crippen LogP contribution in [-0.2, 0) is 23.1 Å². The number of benzene rings is 2. The van der Waals surface area contributed by atoms with Crippen molar-refractivity contribution in [1.29, 1.82) is 0 Å². The number of amides is 1. The summed E-state index contributed by atoms with van der Waals surface area (Å²) >= 11 is 0. The standard InChI is InChI=1S/C21H23NO/c23-20(22-19-12-11-16-7-6-8-17(16)15-19)21(13-4-5-14-21)18-9-2-1-3-10-18/h1-3,9-12,15H,4-8,13-14H2,(H,22,23). The normalized spacial score (nSPS) is 18.6. The zero-order chi connectivity index (χ0) is 15.7. The molecule has 0 aliphatic heterocycles. The van der Waals surface area contributed by atoms with Gasteiger partial charge in [0.25, 0.3) is 0 Å². The van der Waals surface area contributed by atoms with E-state index in [0.717, 1.165) is 43.4 Å². The van der Waals surface area contributed by atoms with Crippen LogP contribution < -0.4 is 5.32 Å². The Bertz CT molecular complexity index is 714. The lowest BCUT2D eigenvalue weighted by Crippen LogP contribution is -2.37. The van der Waals surface area contributed by atoms with E-state index in [9.17, 15) is 4.79 Å². The monoisotopic (exact) mass is 305 g/mol. The van der Waals surface area contributed by atoms with Crippen LogP contribution >= 0.6 is 0 Å². The van der Waals surface area contributed by atoms with Crippen molar-refractivity contribution in [1.82, 2.24) is 0 Å². The van der Waals surface area contributed by atoms with Crippen molar-refractivity contribution in [2.45, 2.75) is 50.4 Å². The first-order chi connectivity index (χ1) is 11.3. The highest BCUT2D eigenvalue weighted by molar-refractivity contribution is 5.99. The summed E-state index contributed by atoms with van der Waals surface area (Å²) in [6, 6.07) is 16.7. The van der Waals surface area contributed by atoms with Crippen LogP contribution in [0.15, 0.2) is 48.5 Å². The Morgan fingerprint density at radius 2 is 1.61 bits per heavy atom. The Morgan fingerprint density at radius 1 is 0.870 bits per heavy atom. The predicted octanol–water partition coefficient (Wildman–Crippen LogP) is 4.63. The minimum Gasteiger partial charge on any atom is -0.325 e. The minimum atomic E-state index is -0.347. The lowest BCUT2D eigenvalue weighted by atomic mass is 9.78. The molecule has 2 aromatic rings. The zero-order valence-corrected chi connectivity index (χ0v) is 13.5. The molecule has 2 aromatic carbocycles. The molecule has 1 N–H and O–H groups in total. The smallest absolute Gasteiger partial charge is 0.235 e. The van der Waals surface area contributed by atoms with Gasteiger partial charge in [0.2, 0.25) is 5.91 Å². The van der Waals surface area contributed by atoms with Crippen molar-refractivity contribution >= 4 is 11.6 Å². The molecule has 0 atom stereocenters. The van der Waals surface area contributed by atoms with Crippen molar-refractivity contribution in [3.05, 3.63) is 65.2 Å². The molecule has 0 saturated heterocycles. The van der Waals surface area contributed by atoms with Crippen molar-refractivity contribution < 1.29 is 4.79 Å². The summed E-state index contributed by atoms with van der Waals surface area (Å²) in [5.41, 5.74) is 4.62. The van der Waals surface area contributed by atoms with Gasteiger partial charge in [-0.15, -0.1) is 0 Å². The van der Waals surface area contributed by atoms with E-state index in [-0.39, 0.29) is 11.3 Å². The summed E-state index contributed by atoms with van der Waals surface area (Å²) in [6.45, 7) is 0. The van der Waals surface area contributed by atoms with E-state index in [1.807, 2.05) is 18.2 Å². The molecule has 0 bridgehead atoms. The van der Waals surface area contributed by atoms with Gasteiger partial charge in [-0.05, 0) is 60.9 Å². The topological polar surface area (TPSA) is 29.1 Å². The van der Waals surface area contributed by atoms with Crippen LogP contribution in [0.5, 0.6) is 0 Å². The molecule has 0 spiro atoms. The van der Waals surface area contributed by atoms with Gasteiger partial charge in [-0.25, -0.2) is 0 Å². The van der Waals surface area contributed by atoms with Crippen LogP contribution in [-0.4, -0.2) is 5.91 Å². The zero-order valence-electron chi connectivity index (χ0n) is 13.5. The summed E-state index contributed by atoms with van der Waals surface area (Å²) in [7, 11) is 0. The summed E-state index contributed by atoms with van der Waals surface area (Å²) in [5, 5.41) is 3.21. The van der Waals surface area contributed by atoms with Crippen LogP contribution in [0.1, 0.15) is 48.8 Å². The average molecular weight is 305 g/mol. The quantitative estimate of drug-likeness (QED) is 0.880. The lowest BCUT2D eigenvalue weighted by molar-refractivity contribution is -0.121. The van der Waals surface area contributed by atoms with Crippen LogP contribution in [0.2, 0.25) is 0 Å². The molecule has 2 nitrogen and oxygen atoms in total. The molecule has 4 rings (SSSR count). The van der Waals surface area contributed by atoms with Gasteiger partial charge in [0, 0.05) is 5.69 Å². The van der Waals surface area contributed by atoms with E-state index in [0.29, 0.717) is 0 Å². The fourth-order valence-corrected chi connectivity index (χ4v) is 4.28. The number of rotatable bonds is 3. The van der Waals surface area contributed by atoms with Gasteiger partial charge >= 0.3 is 0 Å². The molecule has 2 heteroatoms. The Hall–Kier alpha value is -2.09. The van der Waals surface area contributed by atoms with Crippen molar-refractivity contribution in [3.8, 4) is 0 Å². The number of anilines is 1. The number of hydrogen-bond acceptors (Lipinski definition) is 1. The van der Waals surface area contributed by atoms with Gasteiger partial charge in [0.05, 0.1) is 5.41 Å². The molecule has 0 heterocycles. The summed E-state index contributed by atoms with van der Waals surface area (Å²) in [5.74, 6) is 0.166. The number of nitrogens with one attached hydrogen (secondary N) is 1. The minimum absolute atomic E-state index is 0.166. The number of hydrogen-bond donors (Lipinski definition) is 1. The first-order valence-electron chi connectivity index (χ1n) is 8.77. The molecule has 1 saturated carbocycles. The second kappa shape index (κ2) is 5.84. The number of carbonyl (C=O) groups is 1. The molecule has 1 fully saturated rings. The van der Waals surface area contributed by atoms with E-state index in [4.69, 9.17) is 0 Å².